The van der Waals surface area contributed by atoms with Crippen molar-refractivity contribution in [2.45, 2.75) is 44.4 Å². The third-order valence-electron chi connectivity index (χ3n) is 4.46. The van der Waals surface area contributed by atoms with Gasteiger partial charge in [0.25, 0.3) is 5.91 Å². The van der Waals surface area contributed by atoms with Crippen LogP contribution in [0.5, 0.6) is 0 Å². The monoisotopic (exact) mass is 343 g/mol. The second-order valence-electron chi connectivity index (χ2n) is 6.24. The van der Waals surface area contributed by atoms with E-state index in [1.807, 2.05) is 29.2 Å². The maximum Gasteiger partial charge on any atom is 0.255 e. The molecule has 0 bridgehead atoms. The van der Waals surface area contributed by atoms with Gasteiger partial charge in [-0.05, 0) is 42.7 Å². The summed E-state index contributed by atoms with van der Waals surface area (Å²) in [4.78, 5) is 14.8. The molecule has 1 aromatic heterocycles. The maximum atomic E-state index is 12.8. The smallest absolute Gasteiger partial charge is 0.255 e. The molecular formula is C20H25NO2S. The lowest BCUT2D eigenvalue weighted by atomic mass is 10.0. The number of hydrogen-bond acceptors (Lipinski definition) is 3. The van der Waals surface area contributed by atoms with Gasteiger partial charge >= 0.3 is 0 Å². The molecule has 0 saturated carbocycles. The van der Waals surface area contributed by atoms with Gasteiger partial charge < -0.3 is 9.32 Å². The van der Waals surface area contributed by atoms with E-state index in [1.54, 1.807) is 18.0 Å². The summed E-state index contributed by atoms with van der Waals surface area (Å²) in [5.41, 5.74) is 2.09. The molecule has 2 aromatic rings. The van der Waals surface area contributed by atoms with Crippen molar-refractivity contribution in [2.75, 3.05) is 12.3 Å². The molecule has 3 rings (SSSR count). The number of nitrogens with zero attached hydrogens (tertiary/aromatic N) is 1. The predicted octanol–water partition coefficient (Wildman–Crippen LogP) is 5.29. The first kappa shape index (κ1) is 17.2. The zero-order valence-corrected chi connectivity index (χ0v) is 15.1. The zero-order valence-electron chi connectivity index (χ0n) is 14.2. The van der Waals surface area contributed by atoms with Crippen molar-refractivity contribution >= 4 is 17.7 Å². The summed E-state index contributed by atoms with van der Waals surface area (Å²) in [5.74, 6) is 1.91. The Bertz CT molecular complexity index is 636. The molecule has 128 valence electrons. The van der Waals surface area contributed by atoms with Crippen molar-refractivity contribution in [1.29, 1.82) is 0 Å². The minimum Gasteiger partial charge on any atom is -0.466 e. The average molecular weight is 343 g/mol. The minimum absolute atomic E-state index is 0.00113. The second kappa shape index (κ2) is 8.43. The van der Waals surface area contributed by atoms with Crippen LogP contribution < -0.4 is 0 Å². The van der Waals surface area contributed by atoms with E-state index in [4.69, 9.17) is 4.42 Å². The van der Waals surface area contributed by atoms with Crippen LogP contribution in [0.1, 0.15) is 59.7 Å². The lowest BCUT2D eigenvalue weighted by Gasteiger charge is -2.22. The van der Waals surface area contributed by atoms with E-state index in [9.17, 15) is 4.79 Å². The molecule has 1 unspecified atom stereocenters. The molecule has 0 aliphatic carbocycles. The van der Waals surface area contributed by atoms with E-state index in [0.29, 0.717) is 0 Å². The summed E-state index contributed by atoms with van der Waals surface area (Å²) in [5, 5.41) is 0.00113. The molecule has 4 heteroatoms. The Balaban J connectivity index is 1.62. The van der Waals surface area contributed by atoms with Crippen molar-refractivity contribution < 1.29 is 9.21 Å². The average Bonchev–Trinajstić information content (AvgIpc) is 3.29. The van der Waals surface area contributed by atoms with Crippen LogP contribution in [0.25, 0.3) is 0 Å². The number of aryl methyl sites for hydroxylation is 1. The van der Waals surface area contributed by atoms with E-state index < -0.39 is 0 Å². The van der Waals surface area contributed by atoms with Crippen LogP contribution in [0.2, 0.25) is 0 Å². The van der Waals surface area contributed by atoms with E-state index in [2.05, 4.69) is 19.1 Å². The van der Waals surface area contributed by atoms with Gasteiger partial charge in [0, 0.05) is 17.9 Å². The molecule has 0 N–H and O–H groups in total. The summed E-state index contributed by atoms with van der Waals surface area (Å²) in [6.07, 6.45) is 7.85. The van der Waals surface area contributed by atoms with Crippen LogP contribution in [0.3, 0.4) is 0 Å². The van der Waals surface area contributed by atoms with Gasteiger partial charge in [-0.3, -0.25) is 4.79 Å². The summed E-state index contributed by atoms with van der Waals surface area (Å²) in [6, 6.07) is 12.0. The molecule has 1 saturated heterocycles. The molecule has 0 spiro atoms. The number of hydrogen-bond donors (Lipinski definition) is 0. The standard InChI is InChI=1S/C20H25NO2S/c1-2-3-4-5-7-16-9-11-17(12-10-16)19(22)21-13-15-24-20(21)18-8-6-14-23-18/h6,8-12,14,20H,2-5,7,13,15H2,1H3. The molecular weight excluding hydrogens is 318 g/mol. The highest BCUT2D eigenvalue weighted by Crippen LogP contribution is 2.38. The second-order valence-corrected chi connectivity index (χ2v) is 7.43. The fourth-order valence-corrected chi connectivity index (χ4v) is 4.29. The normalized spacial score (nSPS) is 17.4. The van der Waals surface area contributed by atoms with Crippen molar-refractivity contribution in [3.63, 3.8) is 0 Å². The third kappa shape index (κ3) is 4.04. The molecule has 1 atom stereocenters. The molecule has 1 fully saturated rings. The number of carbonyl (C=O) groups excluding carboxylic acids is 1. The van der Waals surface area contributed by atoms with Crippen molar-refractivity contribution in [3.05, 3.63) is 59.5 Å². The largest absolute Gasteiger partial charge is 0.466 e. The quantitative estimate of drug-likeness (QED) is 0.640. The molecule has 1 aromatic carbocycles. The number of amides is 1. The first-order chi connectivity index (χ1) is 11.8. The topological polar surface area (TPSA) is 33.5 Å². The highest BCUT2D eigenvalue weighted by Gasteiger charge is 2.32. The van der Waals surface area contributed by atoms with Gasteiger partial charge in [-0.25, -0.2) is 0 Å². The Labute approximate surface area is 148 Å². The number of rotatable bonds is 7. The van der Waals surface area contributed by atoms with Crippen LogP contribution in [0.15, 0.2) is 47.1 Å². The summed E-state index contributed by atoms with van der Waals surface area (Å²) in [6.45, 7) is 3.00. The highest BCUT2D eigenvalue weighted by molar-refractivity contribution is 7.99. The minimum atomic E-state index is 0.00113. The van der Waals surface area contributed by atoms with Gasteiger partial charge in [0.1, 0.15) is 11.1 Å². The summed E-state index contributed by atoms with van der Waals surface area (Å²) >= 11 is 1.76. The Morgan fingerprint density at radius 2 is 2.04 bits per heavy atom. The molecule has 0 radical (unpaired) electrons. The first-order valence-electron chi connectivity index (χ1n) is 8.84. The molecule has 1 aliphatic heterocycles. The number of thioether (sulfide) groups is 1. The lowest BCUT2D eigenvalue weighted by molar-refractivity contribution is 0.0749. The lowest BCUT2D eigenvalue weighted by Crippen LogP contribution is -2.30. The number of benzene rings is 1. The van der Waals surface area contributed by atoms with E-state index in [0.717, 1.165) is 30.0 Å². The van der Waals surface area contributed by atoms with Crippen LogP contribution >= 0.6 is 11.8 Å². The van der Waals surface area contributed by atoms with E-state index in [1.165, 1.54) is 31.2 Å². The summed E-state index contributed by atoms with van der Waals surface area (Å²) in [7, 11) is 0. The molecule has 1 amide bonds. The number of carbonyl (C=O) groups is 1. The van der Waals surface area contributed by atoms with Crippen molar-refractivity contribution in [2.24, 2.45) is 0 Å². The fraction of sp³-hybridized carbons (Fsp3) is 0.450. The SMILES string of the molecule is CCCCCCc1ccc(C(=O)N2CCSC2c2ccco2)cc1. The van der Waals surface area contributed by atoms with Gasteiger partial charge in [-0.15, -0.1) is 11.8 Å². The Hall–Kier alpha value is -1.68. The van der Waals surface area contributed by atoms with E-state index in [-0.39, 0.29) is 11.3 Å². The maximum absolute atomic E-state index is 12.8. The van der Waals surface area contributed by atoms with E-state index >= 15 is 0 Å². The van der Waals surface area contributed by atoms with Crippen molar-refractivity contribution in [1.82, 2.24) is 4.90 Å². The Morgan fingerprint density at radius 3 is 2.75 bits per heavy atom. The number of furan rings is 1. The predicted molar refractivity (Wildman–Crippen MR) is 99.2 cm³/mol. The number of unbranched alkanes of at least 4 members (excludes halogenated alkanes) is 3. The van der Waals surface area contributed by atoms with Gasteiger partial charge in [-0.2, -0.15) is 0 Å². The first-order valence-corrected chi connectivity index (χ1v) is 9.89. The highest BCUT2D eigenvalue weighted by atomic mass is 32.2. The van der Waals surface area contributed by atoms with Gasteiger partial charge in [0.2, 0.25) is 0 Å². The molecule has 3 nitrogen and oxygen atoms in total. The van der Waals surface area contributed by atoms with Crippen LogP contribution in [-0.4, -0.2) is 23.1 Å². The van der Waals surface area contributed by atoms with Crippen LogP contribution in [0.4, 0.5) is 0 Å². The van der Waals surface area contributed by atoms with Crippen LogP contribution in [0, 0.1) is 0 Å². The Morgan fingerprint density at radius 1 is 1.21 bits per heavy atom. The molecule has 1 aliphatic rings. The third-order valence-corrected chi connectivity index (χ3v) is 5.68. The molecule has 2 heterocycles. The fourth-order valence-electron chi connectivity index (χ4n) is 3.08. The Kier molecular flexibility index (Phi) is 6.02. The zero-order chi connectivity index (χ0) is 16.8. The summed E-state index contributed by atoms with van der Waals surface area (Å²) < 4.78 is 5.50. The van der Waals surface area contributed by atoms with Gasteiger partial charge in [0.05, 0.1) is 6.26 Å². The van der Waals surface area contributed by atoms with Crippen molar-refractivity contribution in [3.8, 4) is 0 Å². The molecule has 24 heavy (non-hydrogen) atoms. The van der Waals surface area contributed by atoms with Crippen LogP contribution in [-0.2, 0) is 6.42 Å². The van der Waals surface area contributed by atoms with Gasteiger partial charge in [0.15, 0.2) is 0 Å². The van der Waals surface area contributed by atoms with Gasteiger partial charge in [-0.1, -0.05) is 38.3 Å².